The van der Waals surface area contributed by atoms with Gasteiger partial charge in [-0.15, -0.1) is 0 Å². The molecule has 2 nitrogen and oxygen atoms in total. The molecule has 1 aliphatic heterocycles. The van der Waals surface area contributed by atoms with Crippen molar-refractivity contribution in [3.05, 3.63) is 33.8 Å². The Kier molecular flexibility index (Phi) is 3.77. The molecule has 0 aromatic heterocycles. The van der Waals surface area contributed by atoms with E-state index in [-0.39, 0.29) is 12.2 Å². The summed E-state index contributed by atoms with van der Waals surface area (Å²) in [5.74, 6) is 0. The minimum absolute atomic E-state index is 0.0956. The summed E-state index contributed by atoms with van der Waals surface area (Å²) in [6, 6.07) is 6.05. The van der Waals surface area contributed by atoms with Crippen LogP contribution in [0, 0.1) is 0 Å². The van der Waals surface area contributed by atoms with E-state index in [0.717, 1.165) is 35.6 Å². The maximum absolute atomic E-state index is 11.0. The van der Waals surface area contributed by atoms with Crippen molar-refractivity contribution in [1.29, 1.82) is 0 Å². The lowest BCUT2D eigenvalue weighted by atomic mass is 9.99. The third-order valence-electron chi connectivity index (χ3n) is 2.96. The molecule has 0 amide bonds. The fourth-order valence-electron chi connectivity index (χ4n) is 2.13. The zero-order valence-corrected chi connectivity index (χ0v) is 10.9. The summed E-state index contributed by atoms with van der Waals surface area (Å²) in [7, 11) is 0. The maximum Gasteiger partial charge on any atom is 0.153 e. The molecule has 0 bridgehead atoms. The molecule has 2 rings (SSSR count). The van der Waals surface area contributed by atoms with Crippen molar-refractivity contribution in [1.82, 2.24) is 0 Å². The van der Waals surface area contributed by atoms with Crippen molar-refractivity contribution in [2.45, 2.75) is 38.4 Å². The highest BCUT2D eigenvalue weighted by atomic mass is 79.9. The van der Waals surface area contributed by atoms with Crippen molar-refractivity contribution < 1.29 is 9.53 Å². The molecule has 0 fully saturated rings. The minimum atomic E-state index is -0.380. The van der Waals surface area contributed by atoms with Gasteiger partial charge >= 0.3 is 0 Å². The van der Waals surface area contributed by atoms with Gasteiger partial charge < -0.3 is 9.53 Å². The molecule has 1 aromatic rings. The normalized spacial score (nSPS) is 23.1. The SMILES string of the molecule is CCCCC1OC(C=O)c2cc(Br)ccc21. The van der Waals surface area contributed by atoms with Gasteiger partial charge in [-0.2, -0.15) is 0 Å². The van der Waals surface area contributed by atoms with Crippen LogP contribution in [0.1, 0.15) is 49.5 Å². The predicted octanol–water partition coefficient (Wildman–Crippen LogP) is 3.95. The third-order valence-corrected chi connectivity index (χ3v) is 3.45. The van der Waals surface area contributed by atoms with E-state index in [9.17, 15) is 4.79 Å². The van der Waals surface area contributed by atoms with Crippen LogP contribution in [0.3, 0.4) is 0 Å². The van der Waals surface area contributed by atoms with Gasteiger partial charge in [-0.3, -0.25) is 0 Å². The van der Waals surface area contributed by atoms with E-state index in [0.29, 0.717) is 0 Å². The summed E-state index contributed by atoms with van der Waals surface area (Å²) >= 11 is 3.42. The van der Waals surface area contributed by atoms with Crippen LogP contribution >= 0.6 is 15.9 Å². The number of aldehydes is 1. The van der Waals surface area contributed by atoms with Crippen LogP contribution in [0.15, 0.2) is 22.7 Å². The second-order valence-electron chi connectivity index (χ2n) is 4.10. The van der Waals surface area contributed by atoms with Crippen molar-refractivity contribution in [3.8, 4) is 0 Å². The molecule has 0 N–H and O–H groups in total. The lowest BCUT2D eigenvalue weighted by Crippen LogP contribution is -1.99. The van der Waals surface area contributed by atoms with Gasteiger partial charge in [0.15, 0.2) is 6.29 Å². The molecule has 86 valence electrons. The Labute approximate surface area is 104 Å². The zero-order valence-electron chi connectivity index (χ0n) is 9.28. The molecule has 0 saturated carbocycles. The van der Waals surface area contributed by atoms with Gasteiger partial charge in [0.05, 0.1) is 6.10 Å². The lowest BCUT2D eigenvalue weighted by molar-refractivity contribution is -0.120. The standard InChI is InChI=1S/C13H15BrO2/c1-2-3-4-12-10-6-5-9(14)7-11(10)13(8-15)16-12/h5-8,12-13H,2-4H2,1H3. The molecule has 0 saturated heterocycles. The number of carbonyl (C=O) groups excluding carboxylic acids is 1. The van der Waals surface area contributed by atoms with Crippen LogP contribution in [0.4, 0.5) is 0 Å². The highest BCUT2D eigenvalue weighted by Gasteiger charge is 2.30. The summed E-state index contributed by atoms with van der Waals surface area (Å²) in [5.41, 5.74) is 2.19. The van der Waals surface area contributed by atoms with E-state index < -0.39 is 0 Å². The Bertz CT molecular complexity index is 390. The number of hydrogen-bond acceptors (Lipinski definition) is 2. The summed E-state index contributed by atoms with van der Waals surface area (Å²) in [6.07, 6.45) is 3.88. The van der Waals surface area contributed by atoms with Crippen molar-refractivity contribution >= 4 is 22.2 Å². The van der Waals surface area contributed by atoms with Gasteiger partial charge in [0.25, 0.3) is 0 Å². The van der Waals surface area contributed by atoms with E-state index in [2.05, 4.69) is 28.9 Å². The van der Waals surface area contributed by atoms with Crippen LogP contribution < -0.4 is 0 Å². The molecule has 3 heteroatoms. The fourth-order valence-corrected chi connectivity index (χ4v) is 2.51. The van der Waals surface area contributed by atoms with Crippen LogP contribution in [-0.4, -0.2) is 6.29 Å². The number of hydrogen-bond donors (Lipinski definition) is 0. The Morgan fingerprint density at radius 2 is 2.25 bits per heavy atom. The van der Waals surface area contributed by atoms with Gasteiger partial charge in [0.1, 0.15) is 6.10 Å². The molecule has 0 radical (unpaired) electrons. The molecule has 2 unspecified atom stereocenters. The molecule has 0 aliphatic carbocycles. The number of ether oxygens (including phenoxy) is 1. The van der Waals surface area contributed by atoms with Gasteiger partial charge in [0.2, 0.25) is 0 Å². The summed E-state index contributed by atoms with van der Waals surface area (Å²) < 4.78 is 6.75. The average molecular weight is 283 g/mol. The summed E-state index contributed by atoms with van der Waals surface area (Å²) in [5, 5.41) is 0. The van der Waals surface area contributed by atoms with E-state index >= 15 is 0 Å². The number of unbranched alkanes of at least 4 members (excludes halogenated alkanes) is 1. The van der Waals surface area contributed by atoms with Crippen LogP contribution in [0.5, 0.6) is 0 Å². The van der Waals surface area contributed by atoms with E-state index in [1.54, 1.807) is 0 Å². The first kappa shape index (κ1) is 11.8. The van der Waals surface area contributed by atoms with Gasteiger partial charge in [-0.05, 0) is 29.7 Å². The number of benzene rings is 1. The first-order valence-electron chi connectivity index (χ1n) is 5.66. The molecule has 1 aliphatic rings. The number of rotatable bonds is 4. The van der Waals surface area contributed by atoms with Crippen molar-refractivity contribution in [2.75, 3.05) is 0 Å². The fraction of sp³-hybridized carbons (Fsp3) is 0.462. The average Bonchev–Trinajstić information content (AvgIpc) is 2.63. The highest BCUT2D eigenvalue weighted by molar-refractivity contribution is 9.10. The van der Waals surface area contributed by atoms with Gasteiger partial charge in [-0.1, -0.05) is 41.8 Å². The highest BCUT2D eigenvalue weighted by Crippen LogP contribution is 2.41. The van der Waals surface area contributed by atoms with E-state index in [1.807, 2.05) is 12.1 Å². The Balaban J connectivity index is 2.27. The maximum atomic E-state index is 11.0. The van der Waals surface area contributed by atoms with Gasteiger partial charge in [-0.25, -0.2) is 0 Å². The predicted molar refractivity (Wildman–Crippen MR) is 66.3 cm³/mol. The van der Waals surface area contributed by atoms with Crippen molar-refractivity contribution in [2.24, 2.45) is 0 Å². The lowest BCUT2D eigenvalue weighted by Gasteiger charge is -2.10. The first-order valence-corrected chi connectivity index (χ1v) is 6.45. The van der Waals surface area contributed by atoms with E-state index in [4.69, 9.17) is 4.74 Å². The smallest absolute Gasteiger partial charge is 0.153 e. The topological polar surface area (TPSA) is 26.3 Å². The Morgan fingerprint density at radius 1 is 1.44 bits per heavy atom. The van der Waals surface area contributed by atoms with Gasteiger partial charge in [0, 0.05) is 4.47 Å². The second-order valence-corrected chi connectivity index (χ2v) is 5.01. The third kappa shape index (κ3) is 2.20. The van der Waals surface area contributed by atoms with Crippen LogP contribution in [-0.2, 0) is 9.53 Å². The zero-order chi connectivity index (χ0) is 11.5. The van der Waals surface area contributed by atoms with Crippen LogP contribution in [0.2, 0.25) is 0 Å². The molecular formula is C13H15BrO2. The van der Waals surface area contributed by atoms with Crippen LogP contribution in [0.25, 0.3) is 0 Å². The number of carbonyl (C=O) groups is 1. The molecule has 1 aromatic carbocycles. The minimum Gasteiger partial charge on any atom is -0.358 e. The number of fused-ring (bicyclic) bond motifs is 1. The summed E-state index contributed by atoms with van der Waals surface area (Å²) in [4.78, 5) is 11.0. The molecule has 2 atom stereocenters. The monoisotopic (exact) mass is 282 g/mol. The first-order chi connectivity index (χ1) is 7.76. The molecule has 1 heterocycles. The molecular weight excluding hydrogens is 268 g/mol. The molecule has 16 heavy (non-hydrogen) atoms. The Morgan fingerprint density at radius 3 is 2.94 bits per heavy atom. The molecule has 0 spiro atoms. The quantitative estimate of drug-likeness (QED) is 0.782. The second kappa shape index (κ2) is 5.11. The largest absolute Gasteiger partial charge is 0.358 e. The Hall–Kier alpha value is -0.670. The van der Waals surface area contributed by atoms with E-state index in [1.165, 1.54) is 5.56 Å². The van der Waals surface area contributed by atoms with Crippen molar-refractivity contribution in [3.63, 3.8) is 0 Å². The number of halogens is 1. The summed E-state index contributed by atoms with van der Waals surface area (Å²) in [6.45, 7) is 2.16.